The number of rotatable bonds is 12. The molecule has 0 radical (unpaired) electrons. The van der Waals surface area contributed by atoms with Crippen molar-refractivity contribution in [3.8, 4) is 0 Å². The minimum atomic E-state index is -3.95. The highest BCUT2D eigenvalue weighted by molar-refractivity contribution is 7.92. The maximum Gasteiger partial charge on any atom is 0.244 e. The second-order valence-electron chi connectivity index (χ2n) is 10.2. The standard InChI is InChI=1S/C30H35Cl2N3O4S/c1-21(2)18-33-30(37)27(17-23-9-6-5-7-10-23)34(19-24-15-13-22(3)14-16-24)28(36)20-35(40(4,38)39)26-12-8-11-25(31)29(26)32/h5-16,21,27H,17-20H2,1-4H3,(H,33,37). The summed E-state index contributed by atoms with van der Waals surface area (Å²) in [5.74, 6) is -0.666. The molecule has 10 heteroatoms. The van der Waals surface area contributed by atoms with Crippen molar-refractivity contribution in [1.29, 1.82) is 0 Å². The summed E-state index contributed by atoms with van der Waals surface area (Å²) in [6.45, 7) is 5.91. The van der Waals surface area contributed by atoms with E-state index >= 15 is 0 Å². The number of carbonyl (C=O) groups is 2. The minimum absolute atomic E-state index is 0.0167. The van der Waals surface area contributed by atoms with Crippen LogP contribution in [-0.4, -0.2) is 50.5 Å². The van der Waals surface area contributed by atoms with Crippen molar-refractivity contribution in [3.05, 3.63) is 99.5 Å². The summed E-state index contributed by atoms with van der Waals surface area (Å²) in [6, 6.07) is 20.7. The first kappa shape index (κ1) is 31.5. The molecular formula is C30H35Cl2N3O4S. The lowest BCUT2D eigenvalue weighted by Gasteiger charge is -2.34. The molecule has 1 N–H and O–H groups in total. The van der Waals surface area contributed by atoms with Gasteiger partial charge in [-0.15, -0.1) is 0 Å². The van der Waals surface area contributed by atoms with Gasteiger partial charge in [0.05, 0.1) is 22.0 Å². The van der Waals surface area contributed by atoms with Gasteiger partial charge in [0.2, 0.25) is 21.8 Å². The summed E-state index contributed by atoms with van der Waals surface area (Å²) in [6.07, 6.45) is 1.25. The summed E-state index contributed by atoms with van der Waals surface area (Å²) in [7, 11) is -3.95. The molecular weight excluding hydrogens is 569 g/mol. The number of halogens is 2. The van der Waals surface area contributed by atoms with Gasteiger partial charge in [-0.1, -0.05) is 103 Å². The molecule has 1 atom stereocenters. The van der Waals surface area contributed by atoms with Crippen LogP contribution in [0, 0.1) is 12.8 Å². The highest BCUT2D eigenvalue weighted by Gasteiger charge is 2.33. The van der Waals surface area contributed by atoms with E-state index in [9.17, 15) is 18.0 Å². The number of anilines is 1. The molecule has 0 fully saturated rings. The number of amides is 2. The van der Waals surface area contributed by atoms with Gasteiger partial charge in [-0.05, 0) is 36.1 Å². The van der Waals surface area contributed by atoms with E-state index in [-0.39, 0.29) is 40.5 Å². The average molecular weight is 605 g/mol. The van der Waals surface area contributed by atoms with Gasteiger partial charge in [0.25, 0.3) is 0 Å². The van der Waals surface area contributed by atoms with E-state index in [1.165, 1.54) is 17.0 Å². The monoisotopic (exact) mass is 603 g/mol. The molecule has 0 aliphatic heterocycles. The summed E-state index contributed by atoms with van der Waals surface area (Å²) >= 11 is 12.5. The Hall–Kier alpha value is -3.07. The van der Waals surface area contributed by atoms with Gasteiger partial charge in [0.1, 0.15) is 12.6 Å². The maximum atomic E-state index is 14.1. The Kier molecular flexibility index (Phi) is 11.0. The zero-order valence-electron chi connectivity index (χ0n) is 23.1. The van der Waals surface area contributed by atoms with Crippen LogP contribution >= 0.6 is 23.2 Å². The highest BCUT2D eigenvalue weighted by Crippen LogP contribution is 2.33. The van der Waals surface area contributed by atoms with Crippen molar-refractivity contribution >= 4 is 50.7 Å². The van der Waals surface area contributed by atoms with Gasteiger partial charge in [-0.2, -0.15) is 0 Å². The van der Waals surface area contributed by atoms with Crippen molar-refractivity contribution in [2.24, 2.45) is 5.92 Å². The van der Waals surface area contributed by atoms with Crippen LogP contribution in [0.2, 0.25) is 10.0 Å². The molecule has 0 saturated carbocycles. The molecule has 7 nitrogen and oxygen atoms in total. The van der Waals surface area contributed by atoms with Crippen molar-refractivity contribution < 1.29 is 18.0 Å². The van der Waals surface area contributed by atoms with Crippen LogP contribution in [0.25, 0.3) is 0 Å². The molecule has 3 rings (SSSR count). The maximum absolute atomic E-state index is 14.1. The van der Waals surface area contributed by atoms with Crippen LogP contribution in [-0.2, 0) is 32.6 Å². The molecule has 1 unspecified atom stereocenters. The molecule has 0 aromatic heterocycles. The van der Waals surface area contributed by atoms with Crippen molar-refractivity contribution in [3.63, 3.8) is 0 Å². The molecule has 0 aliphatic carbocycles. The Bertz CT molecular complexity index is 1410. The third-order valence-electron chi connectivity index (χ3n) is 6.31. The van der Waals surface area contributed by atoms with Crippen molar-refractivity contribution in [2.45, 2.75) is 39.8 Å². The number of hydrogen-bond donors (Lipinski definition) is 1. The molecule has 3 aromatic carbocycles. The van der Waals surface area contributed by atoms with E-state index in [4.69, 9.17) is 23.2 Å². The largest absolute Gasteiger partial charge is 0.354 e. The molecule has 0 heterocycles. The lowest BCUT2D eigenvalue weighted by atomic mass is 10.0. The van der Waals surface area contributed by atoms with Gasteiger partial charge >= 0.3 is 0 Å². The quantitative estimate of drug-likeness (QED) is 0.297. The summed E-state index contributed by atoms with van der Waals surface area (Å²) in [5.41, 5.74) is 2.81. The molecule has 0 spiro atoms. The summed E-state index contributed by atoms with van der Waals surface area (Å²) in [5, 5.41) is 3.14. The first-order valence-corrected chi connectivity index (χ1v) is 15.6. The highest BCUT2D eigenvalue weighted by atomic mass is 35.5. The first-order valence-electron chi connectivity index (χ1n) is 12.9. The minimum Gasteiger partial charge on any atom is -0.354 e. The van der Waals surface area contributed by atoms with E-state index in [0.717, 1.165) is 27.3 Å². The first-order chi connectivity index (χ1) is 18.9. The fourth-order valence-electron chi connectivity index (χ4n) is 4.15. The second kappa shape index (κ2) is 14.0. The third kappa shape index (κ3) is 8.71. The van der Waals surface area contributed by atoms with Crippen molar-refractivity contribution in [1.82, 2.24) is 10.2 Å². The van der Waals surface area contributed by atoms with Crippen LogP contribution in [0.3, 0.4) is 0 Å². The number of hydrogen-bond acceptors (Lipinski definition) is 4. The number of nitrogens with zero attached hydrogens (tertiary/aromatic N) is 2. The van der Waals surface area contributed by atoms with Gasteiger partial charge in [0, 0.05) is 19.5 Å². The summed E-state index contributed by atoms with van der Waals surface area (Å²) < 4.78 is 26.7. The van der Waals surface area contributed by atoms with Crippen LogP contribution < -0.4 is 9.62 Å². The Balaban J connectivity index is 2.07. The Morgan fingerprint density at radius 1 is 0.900 bits per heavy atom. The molecule has 0 aliphatic rings. The van der Waals surface area contributed by atoms with Crippen LogP contribution in [0.1, 0.15) is 30.5 Å². The van der Waals surface area contributed by atoms with Crippen LogP contribution in [0.5, 0.6) is 0 Å². The molecule has 0 bridgehead atoms. The Morgan fingerprint density at radius 2 is 1.55 bits per heavy atom. The second-order valence-corrected chi connectivity index (χ2v) is 12.9. The SMILES string of the molecule is Cc1ccc(CN(C(=O)CN(c2cccc(Cl)c2Cl)S(C)(=O)=O)C(Cc2ccccc2)C(=O)NCC(C)C)cc1. The lowest BCUT2D eigenvalue weighted by molar-refractivity contribution is -0.140. The zero-order chi connectivity index (χ0) is 29.4. The average Bonchev–Trinajstić information content (AvgIpc) is 2.90. The predicted molar refractivity (Wildman–Crippen MR) is 162 cm³/mol. The normalized spacial score (nSPS) is 12.2. The number of carbonyl (C=O) groups excluding carboxylic acids is 2. The van der Waals surface area contributed by atoms with Crippen molar-refractivity contribution in [2.75, 3.05) is 23.7 Å². The van der Waals surface area contributed by atoms with Gasteiger partial charge in [-0.3, -0.25) is 13.9 Å². The summed E-state index contributed by atoms with van der Waals surface area (Å²) in [4.78, 5) is 29.1. The number of sulfonamides is 1. The Morgan fingerprint density at radius 3 is 2.15 bits per heavy atom. The topological polar surface area (TPSA) is 86.8 Å². The van der Waals surface area contributed by atoms with Gasteiger partial charge < -0.3 is 10.2 Å². The fraction of sp³-hybridized carbons (Fsp3) is 0.333. The molecule has 40 heavy (non-hydrogen) atoms. The lowest BCUT2D eigenvalue weighted by Crippen LogP contribution is -2.53. The smallest absolute Gasteiger partial charge is 0.244 e. The molecule has 3 aromatic rings. The predicted octanol–water partition coefficient (Wildman–Crippen LogP) is 5.48. The van der Waals surface area contributed by atoms with Crippen LogP contribution in [0.15, 0.2) is 72.8 Å². The Labute approximate surface area is 247 Å². The third-order valence-corrected chi connectivity index (χ3v) is 8.24. The zero-order valence-corrected chi connectivity index (χ0v) is 25.4. The molecule has 0 saturated heterocycles. The van der Waals surface area contributed by atoms with E-state index in [1.807, 2.05) is 75.4 Å². The van der Waals surface area contributed by atoms with Gasteiger partial charge in [0.15, 0.2) is 0 Å². The van der Waals surface area contributed by atoms with E-state index < -0.39 is 28.5 Å². The van der Waals surface area contributed by atoms with E-state index in [0.29, 0.717) is 6.54 Å². The van der Waals surface area contributed by atoms with Gasteiger partial charge in [-0.25, -0.2) is 8.42 Å². The number of benzene rings is 3. The fourth-order valence-corrected chi connectivity index (χ4v) is 5.45. The molecule has 2 amide bonds. The number of nitrogens with one attached hydrogen (secondary N) is 1. The van der Waals surface area contributed by atoms with E-state index in [2.05, 4.69) is 5.32 Å². The molecule has 214 valence electrons. The number of aryl methyl sites for hydroxylation is 1. The van der Waals surface area contributed by atoms with Crippen LogP contribution in [0.4, 0.5) is 5.69 Å². The van der Waals surface area contributed by atoms with E-state index in [1.54, 1.807) is 6.07 Å².